The summed E-state index contributed by atoms with van der Waals surface area (Å²) in [5, 5.41) is 0. The van der Waals surface area contributed by atoms with E-state index in [2.05, 4.69) is 20.4 Å². The molecule has 4 rings (SSSR count). The lowest BCUT2D eigenvalue weighted by molar-refractivity contribution is -0.254. The predicted octanol–water partition coefficient (Wildman–Crippen LogP) is 3.32. The molecular weight excluding hydrogens is 480 g/mol. The quantitative estimate of drug-likeness (QED) is 0.306. The number of Topliss-reactive ketones (excluding diaryl/α,β-unsaturated/α-hetero) is 1. The summed E-state index contributed by atoms with van der Waals surface area (Å²) in [6.07, 6.45) is 0.552. The van der Waals surface area contributed by atoms with Crippen molar-refractivity contribution >= 4 is 29.7 Å². The van der Waals surface area contributed by atoms with Crippen LogP contribution in [0.3, 0.4) is 0 Å². The molecule has 0 N–H and O–H groups in total. The highest BCUT2D eigenvalue weighted by Crippen LogP contribution is 2.72. The zero-order valence-electron chi connectivity index (χ0n) is 22.6. The van der Waals surface area contributed by atoms with Crippen molar-refractivity contribution in [2.75, 3.05) is 6.61 Å². The number of carbonyl (C=O) groups is 5. The van der Waals surface area contributed by atoms with E-state index in [4.69, 9.17) is 18.9 Å². The Labute approximate surface area is 217 Å². The molecule has 0 aromatic heterocycles. The summed E-state index contributed by atoms with van der Waals surface area (Å²) in [5.41, 5.74) is -2.01. The van der Waals surface area contributed by atoms with Crippen LogP contribution in [0.2, 0.25) is 0 Å². The second-order valence-electron chi connectivity index (χ2n) is 12.0. The molecule has 9 atom stereocenters. The zero-order chi connectivity index (χ0) is 27.5. The Kier molecular flexibility index (Phi) is 6.82. The third-order valence-corrected chi connectivity index (χ3v) is 9.73. The molecule has 4 aliphatic rings. The van der Waals surface area contributed by atoms with Crippen molar-refractivity contribution in [2.45, 2.75) is 92.0 Å². The SMILES string of the molecule is C=C1C(=O)C23C(OC(C)=O)CC4C(C)(COC(C)=O)CCCC4(C)C2CC(OC(C)=O)C1C3OC(C)=O. The molecule has 9 unspecified atom stereocenters. The van der Waals surface area contributed by atoms with E-state index < -0.39 is 64.3 Å². The van der Waals surface area contributed by atoms with Crippen LogP contribution in [0.15, 0.2) is 12.2 Å². The summed E-state index contributed by atoms with van der Waals surface area (Å²) in [7, 11) is 0. The summed E-state index contributed by atoms with van der Waals surface area (Å²) in [4.78, 5) is 62.9. The van der Waals surface area contributed by atoms with Gasteiger partial charge in [-0.2, -0.15) is 0 Å². The first-order valence-electron chi connectivity index (χ1n) is 13.1. The Bertz CT molecular complexity index is 1050. The van der Waals surface area contributed by atoms with Crippen LogP contribution in [0.4, 0.5) is 0 Å². The van der Waals surface area contributed by atoms with E-state index in [1.807, 2.05) is 0 Å². The molecule has 0 heterocycles. The van der Waals surface area contributed by atoms with E-state index in [1.165, 1.54) is 27.7 Å². The third kappa shape index (κ3) is 4.09. The van der Waals surface area contributed by atoms with Gasteiger partial charge >= 0.3 is 23.9 Å². The van der Waals surface area contributed by atoms with Gasteiger partial charge in [0.15, 0.2) is 5.78 Å². The summed E-state index contributed by atoms with van der Waals surface area (Å²) < 4.78 is 23.1. The molecule has 4 saturated carbocycles. The van der Waals surface area contributed by atoms with Gasteiger partial charge in [0.25, 0.3) is 0 Å². The Morgan fingerprint density at radius 3 is 2.05 bits per heavy atom. The van der Waals surface area contributed by atoms with Gasteiger partial charge in [0.05, 0.1) is 12.5 Å². The highest BCUT2D eigenvalue weighted by molar-refractivity contribution is 6.05. The lowest BCUT2D eigenvalue weighted by atomic mass is 9.39. The number of ether oxygens (including phenoxy) is 4. The second-order valence-corrected chi connectivity index (χ2v) is 12.0. The first-order valence-corrected chi connectivity index (χ1v) is 13.1. The number of ketones is 1. The molecular formula is C28H38O9. The summed E-state index contributed by atoms with van der Waals surface area (Å²) in [6, 6.07) is 0. The van der Waals surface area contributed by atoms with E-state index in [0.717, 1.165) is 19.3 Å². The van der Waals surface area contributed by atoms with Crippen LogP contribution in [0.1, 0.15) is 73.6 Å². The van der Waals surface area contributed by atoms with E-state index in [9.17, 15) is 24.0 Å². The highest BCUT2D eigenvalue weighted by atomic mass is 16.6. The van der Waals surface area contributed by atoms with Gasteiger partial charge in [-0.1, -0.05) is 26.8 Å². The van der Waals surface area contributed by atoms with Crippen LogP contribution in [0.5, 0.6) is 0 Å². The molecule has 0 radical (unpaired) electrons. The van der Waals surface area contributed by atoms with E-state index in [-0.39, 0.29) is 29.9 Å². The zero-order valence-corrected chi connectivity index (χ0v) is 22.6. The number of carbonyl (C=O) groups excluding carboxylic acids is 5. The fraction of sp³-hybridized carbons (Fsp3) is 0.750. The third-order valence-electron chi connectivity index (χ3n) is 9.73. The van der Waals surface area contributed by atoms with Gasteiger partial charge in [0.1, 0.15) is 23.7 Å². The van der Waals surface area contributed by atoms with Crippen LogP contribution in [-0.2, 0) is 42.9 Å². The molecule has 9 nitrogen and oxygen atoms in total. The van der Waals surface area contributed by atoms with Crippen LogP contribution < -0.4 is 0 Å². The molecule has 204 valence electrons. The van der Waals surface area contributed by atoms with Crippen molar-refractivity contribution in [2.24, 2.45) is 34.0 Å². The maximum atomic E-state index is 14.3. The fourth-order valence-corrected chi connectivity index (χ4v) is 8.62. The standard InChI is InChI=1S/C28H38O9/c1-14-23-19(35-16(3)30)11-21-27(7)10-8-9-26(6,13-34-15(2)29)20(27)12-22(36-17(4)31)28(21,24(14)33)25(23)37-18(5)32/h19-23,25H,1,8-13H2,2-7H3. The van der Waals surface area contributed by atoms with Crippen molar-refractivity contribution in [1.82, 2.24) is 0 Å². The average molecular weight is 519 g/mol. The van der Waals surface area contributed by atoms with Crippen molar-refractivity contribution in [1.29, 1.82) is 0 Å². The normalized spacial score (nSPS) is 42.2. The van der Waals surface area contributed by atoms with Crippen LogP contribution >= 0.6 is 0 Å². The van der Waals surface area contributed by atoms with Gasteiger partial charge in [0, 0.05) is 33.1 Å². The predicted molar refractivity (Wildman–Crippen MR) is 130 cm³/mol. The summed E-state index contributed by atoms with van der Waals surface area (Å²) in [6.45, 7) is 13.7. The second kappa shape index (κ2) is 9.24. The van der Waals surface area contributed by atoms with Gasteiger partial charge in [-0.05, 0) is 48.5 Å². The lowest BCUT2D eigenvalue weighted by Gasteiger charge is -2.66. The molecule has 0 aromatic rings. The molecule has 4 aliphatic carbocycles. The lowest BCUT2D eigenvalue weighted by Crippen LogP contribution is -2.70. The molecule has 0 aliphatic heterocycles. The number of esters is 4. The Morgan fingerprint density at radius 2 is 1.49 bits per heavy atom. The molecule has 2 bridgehead atoms. The van der Waals surface area contributed by atoms with Gasteiger partial charge in [0.2, 0.25) is 0 Å². The minimum absolute atomic E-state index is 0.0813. The fourth-order valence-electron chi connectivity index (χ4n) is 8.62. The molecule has 0 saturated heterocycles. The minimum atomic E-state index is -1.33. The largest absolute Gasteiger partial charge is 0.465 e. The van der Waals surface area contributed by atoms with Gasteiger partial charge in [-0.15, -0.1) is 0 Å². The minimum Gasteiger partial charge on any atom is -0.465 e. The number of hydrogen-bond donors (Lipinski definition) is 0. The Balaban J connectivity index is 1.93. The van der Waals surface area contributed by atoms with E-state index in [1.54, 1.807) is 0 Å². The van der Waals surface area contributed by atoms with Crippen molar-refractivity contribution < 1.29 is 42.9 Å². The molecule has 1 spiro atoms. The molecule has 9 heteroatoms. The number of fused-ring (bicyclic) bond motifs is 3. The van der Waals surface area contributed by atoms with Crippen LogP contribution in [0, 0.1) is 34.0 Å². The van der Waals surface area contributed by atoms with Crippen molar-refractivity contribution in [3.05, 3.63) is 12.2 Å². The number of rotatable bonds is 5. The van der Waals surface area contributed by atoms with Crippen molar-refractivity contribution in [3.8, 4) is 0 Å². The Hall–Kier alpha value is -2.71. The summed E-state index contributed by atoms with van der Waals surface area (Å²) in [5.74, 6) is -3.50. The first kappa shape index (κ1) is 27.3. The maximum absolute atomic E-state index is 14.3. The first-order chi connectivity index (χ1) is 17.2. The topological polar surface area (TPSA) is 122 Å². The molecule has 37 heavy (non-hydrogen) atoms. The van der Waals surface area contributed by atoms with Gasteiger partial charge in [-0.25, -0.2) is 0 Å². The van der Waals surface area contributed by atoms with Crippen LogP contribution in [-0.4, -0.2) is 54.6 Å². The van der Waals surface area contributed by atoms with E-state index >= 15 is 0 Å². The number of hydrogen-bond acceptors (Lipinski definition) is 9. The average Bonchev–Trinajstić information content (AvgIpc) is 2.91. The van der Waals surface area contributed by atoms with Gasteiger partial charge < -0.3 is 18.9 Å². The summed E-state index contributed by atoms with van der Waals surface area (Å²) >= 11 is 0. The Morgan fingerprint density at radius 1 is 0.865 bits per heavy atom. The van der Waals surface area contributed by atoms with Crippen molar-refractivity contribution in [3.63, 3.8) is 0 Å². The molecule has 0 amide bonds. The molecule has 4 fully saturated rings. The molecule has 0 aromatic carbocycles. The van der Waals surface area contributed by atoms with E-state index in [0.29, 0.717) is 12.8 Å². The highest BCUT2D eigenvalue weighted by Gasteiger charge is 2.78. The van der Waals surface area contributed by atoms with Gasteiger partial charge in [-0.3, -0.25) is 24.0 Å². The maximum Gasteiger partial charge on any atom is 0.302 e. The monoisotopic (exact) mass is 518 g/mol. The smallest absolute Gasteiger partial charge is 0.302 e. The van der Waals surface area contributed by atoms with Crippen LogP contribution in [0.25, 0.3) is 0 Å².